The van der Waals surface area contributed by atoms with E-state index in [9.17, 15) is 0 Å². The van der Waals surface area contributed by atoms with E-state index >= 15 is 0 Å². The molecule has 118 valence electrons. The topological polar surface area (TPSA) is 36.9 Å². The maximum atomic E-state index is 6.20. The standard InChI is InChI=1S/C19H18O4/c1-2-6-14(7-3-1)17-18(20-10-11-21-18)15-8-4-5-9-16(15)19(17)22-12-13-23-19/h1-9,17H,10-13H2. The smallest absolute Gasteiger partial charge is 0.208 e. The van der Waals surface area contributed by atoms with Gasteiger partial charge < -0.3 is 18.9 Å². The number of ether oxygens (including phenoxy) is 4. The van der Waals surface area contributed by atoms with Gasteiger partial charge in [0.05, 0.1) is 26.4 Å². The van der Waals surface area contributed by atoms with Crippen LogP contribution in [-0.4, -0.2) is 26.4 Å². The number of hydrogen-bond donors (Lipinski definition) is 0. The lowest BCUT2D eigenvalue weighted by Crippen LogP contribution is -2.40. The Hall–Kier alpha value is -1.72. The van der Waals surface area contributed by atoms with Crippen LogP contribution in [0.1, 0.15) is 22.6 Å². The van der Waals surface area contributed by atoms with Gasteiger partial charge in [-0.1, -0.05) is 54.6 Å². The van der Waals surface area contributed by atoms with Crippen LogP contribution >= 0.6 is 0 Å². The van der Waals surface area contributed by atoms with Gasteiger partial charge in [0.2, 0.25) is 11.6 Å². The summed E-state index contributed by atoms with van der Waals surface area (Å²) in [5.74, 6) is -1.84. The molecule has 2 aliphatic heterocycles. The lowest BCUT2D eigenvalue weighted by atomic mass is 9.87. The second-order valence-corrected chi connectivity index (χ2v) is 6.12. The highest BCUT2D eigenvalue weighted by Crippen LogP contribution is 2.63. The van der Waals surface area contributed by atoms with E-state index in [1.54, 1.807) is 0 Å². The van der Waals surface area contributed by atoms with E-state index in [0.717, 1.165) is 16.7 Å². The van der Waals surface area contributed by atoms with Crippen LogP contribution in [-0.2, 0) is 30.5 Å². The molecule has 3 aliphatic rings. The molecule has 1 aliphatic carbocycles. The Morgan fingerprint density at radius 2 is 1.04 bits per heavy atom. The monoisotopic (exact) mass is 310 g/mol. The normalized spacial score (nSPS) is 24.5. The molecule has 0 saturated carbocycles. The number of rotatable bonds is 1. The Balaban J connectivity index is 1.79. The molecule has 23 heavy (non-hydrogen) atoms. The zero-order valence-electron chi connectivity index (χ0n) is 12.7. The van der Waals surface area contributed by atoms with Crippen molar-refractivity contribution in [1.82, 2.24) is 0 Å². The fourth-order valence-electron chi connectivity index (χ4n) is 4.24. The molecule has 0 atom stereocenters. The molecule has 2 spiro atoms. The molecule has 0 aromatic heterocycles. The van der Waals surface area contributed by atoms with Crippen molar-refractivity contribution in [2.45, 2.75) is 17.5 Å². The summed E-state index contributed by atoms with van der Waals surface area (Å²) in [6, 6.07) is 18.4. The van der Waals surface area contributed by atoms with Gasteiger partial charge >= 0.3 is 0 Å². The van der Waals surface area contributed by atoms with Crippen molar-refractivity contribution in [3.8, 4) is 0 Å². The van der Waals surface area contributed by atoms with Gasteiger partial charge in [-0.05, 0) is 5.56 Å². The Kier molecular flexibility index (Phi) is 2.91. The molecule has 4 nitrogen and oxygen atoms in total. The maximum absolute atomic E-state index is 6.20. The minimum atomic E-state index is -0.831. The molecule has 2 saturated heterocycles. The van der Waals surface area contributed by atoms with Crippen molar-refractivity contribution in [3.05, 3.63) is 71.3 Å². The second kappa shape index (κ2) is 4.89. The molecule has 4 heteroatoms. The zero-order valence-corrected chi connectivity index (χ0v) is 12.7. The van der Waals surface area contributed by atoms with Crippen LogP contribution in [0.5, 0.6) is 0 Å². The highest BCUT2D eigenvalue weighted by atomic mass is 16.8. The molecule has 2 aromatic carbocycles. The first-order chi connectivity index (χ1) is 11.4. The molecule has 2 heterocycles. The van der Waals surface area contributed by atoms with Gasteiger partial charge in [-0.15, -0.1) is 0 Å². The van der Waals surface area contributed by atoms with Crippen molar-refractivity contribution in [2.75, 3.05) is 26.4 Å². The van der Waals surface area contributed by atoms with Crippen LogP contribution in [0.2, 0.25) is 0 Å². The first kappa shape index (κ1) is 13.7. The summed E-state index contributed by atoms with van der Waals surface area (Å²) >= 11 is 0. The van der Waals surface area contributed by atoms with Crippen LogP contribution in [0.4, 0.5) is 0 Å². The molecule has 0 amide bonds. The summed E-state index contributed by atoms with van der Waals surface area (Å²) in [7, 11) is 0. The van der Waals surface area contributed by atoms with E-state index in [0.29, 0.717) is 26.4 Å². The van der Waals surface area contributed by atoms with Crippen LogP contribution < -0.4 is 0 Å². The minimum Gasteiger partial charge on any atom is -0.343 e. The number of fused-ring (bicyclic) bond motifs is 3. The van der Waals surface area contributed by atoms with Crippen LogP contribution in [0.15, 0.2) is 54.6 Å². The van der Waals surface area contributed by atoms with Crippen LogP contribution in [0, 0.1) is 0 Å². The highest BCUT2D eigenvalue weighted by molar-refractivity contribution is 5.48. The third kappa shape index (κ3) is 1.69. The molecule has 2 fully saturated rings. The van der Waals surface area contributed by atoms with Crippen molar-refractivity contribution < 1.29 is 18.9 Å². The summed E-state index contributed by atoms with van der Waals surface area (Å²) < 4.78 is 24.8. The maximum Gasteiger partial charge on any atom is 0.208 e. The summed E-state index contributed by atoms with van der Waals surface area (Å²) in [5.41, 5.74) is 3.15. The van der Waals surface area contributed by atoms with Crippen LogP contribution in [0.25, 0.3) is 0 Å². The predicted molar refractivity (Wildman–Crippen MR) is 82.8 cm³/mol. The van der Waals surface area contributed by atoms with Gasteiger partial charge in [-0.25, -0.2) is 0 Å². The summed E-state index contributed by atoms with van der Waals surface area (Å²) in [4.78, 5) is 0. The third-order valence-electron chi connectivity index (χ3n) is 5.00. The Bertz CT molecular complexity index is 672. The van der Waals surface area contributed by atoms with E-state index in [-0.39, 0.29) is 5.92 Å². The van der Waals surface area contributed by atoms with E-state index in [4.69, 9.17) is 18.9 Å². The van der Waals surface area contributed by atoms with E-state index in [2.05, 4.69) is 24.3 Å². The Morgan fingerprint density at radius 3 is 1.52 bits per heavy atom. The fourth-order valence-corrected chi connectivity index (χ4v) is 4.24. The molecule has 5 rings (SSSR count). The molecule has 0 unspecified atom stereocenters. The van der Waals surface area contributed by atoms with Crippen molar-refractivity contribution in [2.24, 2.45) is 0 Å². The molecule has 0 N–H and O–H groups in total. The second-order valence-electron chi connectivity index (χ2n) is 6.12. The van der Waals surface area contributed by atoms with Gasteiger partial charge in [0.1, 0.15) is 5.92 Å². The van der Waals surface area contributed by atoms with Gasteiger partial charge in [-0.3, -0.25) is 0 Å². The summed E-state index contributed by atoms with van der Waals surface area (Å²) in [6.07, 6.45) is 0. The highest BCUT2D eigenvalue weighted by Gasteiger charge is 2.67. The van der Waals surface area contributed by atoms with Crippen molar-refractivity contribution in [3.63, 3.8) is 0 Å². The zero-order chi connectivity index (χ0) is 15.3. The van der Waals surface area contributed by atoms with Gasteiger partial charge in [0.25, 0.3) is 0 Å². The summed E-state index contributed by atoms with van der Waals surface area (Å²) in [5, 5.41) is 0. The molecular formula is C19H18O4. The first-order valence-corrected chi connectivity index (χ1v) is 8.08. The Labute approximate surface area is 134 Å². The van der Waals surface area contributed by atoms with E-state index < -0.39 is 11.6 Å². The Morgan fingerprint density at radius 1 is 0.609 bits per heavy atom. The van der Waals surface area contributed by atoms with E-state index in [1.807, 2.05) is 30.3 Å². The van der Waals surface area contributed by atoms with Gasteiger partial charge in [-0.2, -0.15) is 0 Å². The van der Waals surface area contributed by atoms with Crippen molar-refractivity contribution >= 4 is 0 Å². The molecule has 0 bridgehead atoms. The molecule has 0 radical (unpaired) electrons. The third-order valence-corrected chi connectivity index (χ3v) is 5.00. The largest absolute Gasteiger partial charge is 0.343 e. The average Bonchev–Trinajstić information content (AvgIpc) is 3.32. The molecular weight excluding hydrogens is 292 g/mol. The van der Waals surface area contributed by atoms with Gasteiger partial charge in [0, 0.05) is 11.1 Å². The lowest BCUT2D eigenvalue weighted by molar-refractivity contribution is -0.259. The predicted octanol–water partition coefficient (Wildman–Crippen LogP) is 2.88. The number of benzene rings is 2. The SMILES string of the molecule is c1ccc(C2C3(OCCO3)c3ccccc3C23OCCO3)cc1. The fraction of sp³-hybridized carbons (Fsp3) is 0.368. The quantitative estimate of drug-likeness (QED) is 0.811. The first-order valence-electron chi connectivity index (χ1n) is 8.08. The lowest BCUT2D eigenvalue weighted by Gasteiger charge is -2.37. The average molecular weight is 310 g/mol. The van der Waals surface area contributed by atoms with Gasteiger partial charge in [0.15, 0.2) is 0 Å². The minimum absolute atomic E-state index is 0.182. The van der Waals surface area contributed by atoms with Crippen molar-refractivity contribution in [1.29, 1.82) is 0 Å². The molecule has 2 aromatic rings. The van der Waals surface area contributed by atoms with E-state index in [1.165, 1.54) is 0 Å². The van der Waals surface area contributed by atoms with Crippen LogP contribution in [0.3, 0.4) is 0 Å². The summed E-state index contributed by atoms with van der Waals surface area (Å²) in [6.45, 7) is 2.31. The number of hydrogen-bond acceptors (Lipinski definition) is 4.